The van der Waals surface area contributed by atoms with Crippen LogP contribution in [0.15, 0.2) is 41.5 Å². The Morgan fingerprint density at radius 1 is 0.895 bits per heavy atom. The number of hydrogen-bond acceptors (Lipinski definition) is 2. The molecule has 2 aliphatic rings. The molecule has 0 fully saturated rings. The van der Waals surface area contributed by atoms with Gasteiger partial charge in [0.05, 0.1) is 0 Å². The standard InChI is InChI=1S/C17H14O2/c1-10-11(2)17(19)15-9-13-7-5-3-4-6-12(13)8-14(15)16(10)18/h3-6,8-9H,7H2,1-2H3. The summed E-state index contributed by atoms with van der Waals surface area (Å²) in [4.78, 5) is 24.6. The van der Waals surface area contributed by atoms with Crippen LogP contribution in [0.1, 0.15) is 45.7 Å². The summed E-state index contributed by atoms with van der Waals surface area (Å²) in [7, 11) is 0. The van der Waals surface area contributed by atoms with Crippen LogP contribution >= 0.6 is 0 Å². The average Bonchev–Trinajstić information content (AvgIpc) is 2.65. The van der Waals surface area contributed by atoms with Crippen molar-refractivity contribution in [1.29, 1.82) is 0 Å². The fourth-order valence-electron chi connectivity index (χ4n) is 2.55. The number of rotatable bonds is 0. The minimum atomic E-state index is -0.0273. The third kappa shape index (κ3) is 1.72. The Kier molecular flexibility index (Phi) is 2.59. The molecule has 94 valence electrons. The van der Waals surface area contributed by atoms with Gasteiger partial charge in [-0.15, -0.1) is 0 Å². The van der Waals surface area contributed by atoms with E-state index < -0.39 is 0 Å². The third-order valence-electron chi connectivity index (χ3n) is 3.87. The second kappa shape index (κ2) is 4.16. The van der Waals surface area contributed by atoms with Gasteiger partial charge in [-0.3, -0.25) is 9.59 Å². The molecule has 0 spiro atoms. The van der Waals surface area contributed by atoms with Gasteiger partial charge < -0.3 is 0 Å². The van der Waals surface area contributed by atoms with Crippen LogP contribution in [0.4, 0.5) is 0 Å². The molecule has 0 N–H and O–H groups in total. The number of fused-ring (bicyclic) bond motifs is 2. The monoisotopic (exact) mass is 250 g/mol. The lowest BCUT2D eigenvalue weighted by atomic mass is 9.83. The molecule has 0 unspecified atom stereocenters. The molecule has 3 rings (SSSR count). The van der Waals surface area contributed by atoms with Crippen molar-refractivity contribution in [1.82, 2.24) is 0 Å². The van der Waals surface area contributed by atoms with Crippen molar-refractivity contribution >= 4 is 17.6 Å². The minimum Gasteiger partial charge on any atom is -0.289 e. The normalized spacial score (nSPS) is 17.4. The highest BCUT2D eigenvalue weighted by atomic mass is 16.1. The van der Waals surface area contributed by atoms with E-state index in [1.54, 1.807) is 13.8 Å². The quantitative estimate of drug-likeness (QED) is 0.706. The Labute approximate surface area is 112 Å². The van der Waals surface area contributed by atoms with Crippen LogP contribution in [0.25, 0.3) is 6.08 Å². The first-order valence-electron chi connectivity index (χ1n) is 6.36. The summed E-state index contributed by atoms with van der Waals surface area (Å²) in [6, 6.07) is 3.73. The van der Waals surface area contributed by atoms with E-state index in [2.05, 4.69) is 6.08 Å². The van der Waals surface area contributed by atoms with Crippen molar-refractivity contribution in [3.8, 4) is 0 Å². The van der Waals surface area contributed by atoms with Crippen molar-refractivity contribution in [2.24, 2.45) is 0 Å². The van der Waals surface area contributed by atoms with Crippen LogP contribution in [0.3, 0.4) is 0 Å². The van der Waals surface area contributed by atoms with Gasteiger partial charge in [-0.1, -0.05) is 24.3 Å². The Morgan fingerprint density at radius 3 is 2.21 bits per heavy atom. The predicted molar refractivity (Wildman–Crippen MR) is 75.4 cm³/mol. The zero-order chi connectivity index (χ0) is 13.6. The summed E-state index contributed by atoms with van der Waals surface area (Å²) < 4.78 is 0. The second-order valence-electron chi connectivity index (χ2n) is 5.00. The van der Waals surface area contributed by atoms with E-state index in [-0.39, 0.29) is 11.6 Å². The molecular formula is C17H14O2. The van der Waals surface area contributed by atoms with E-state index in [0.717, 1.165) is 17.5 Å². The molecule has 2 aliphatic carbocycles. The zero-order valence-electron chi connectivity index (χ0n) is 11.0. The first kappa shape index (κ1) is 11.8. The van der Waals surface area contributed by atoms with E-state index in [4.69, 9.17) is 0 Å². The van der Waals surface area contributed by atoms with Crippen LogP contribution in [-0.4, -0.2) is 11.6 Å². The van der Waals surface area contributed by atoms with E-state index in [1.807, 2.05) is 30.4 Å². The highest BCUT2D eigenvalue weighted by molar-refractivity contribution is 6.26. The zero-order valence-corrected chi connectivity index (χ0v) is 11.0. The third-order valence-corrected chi connectivity index (χ3v) is 3.87. The molecule has 0 saturated carbocycles. The van der Waals surface area contributed by atoms with E-state index in [1.165, 1.54) is 0 Å². The SMILES string of the molecule is CC1=C(C)C(=O)c2cc3c(cc2C1=O)C=CC=CC3. The summed E-state index contributed by atoms with van der Waals surface area (Å²) in [6.07, 6.45) is 8.77. The van der Waals surface area contributed by atoms with Gasteiger partial charge in [0.1, 0.15) is 0 Å². The second-order valence-corrected chi connectivity index (χ2v) is 5.00. The van der Waals surface area contributed by atoms with E-state index >= 15 is 0 Å². The molecule has 0 bridgehead atoms. The van der Waals surface area contributed by atoms with E-state index in [0.29, 0.717) is 22.3 Å². The van der Waals surface area contributed by atoms with Gasteiger partial charge in [0.25, 0.3) is 0 Å². The molecule has 0 heterocycles. The van der Waals surface area contributed by atoms with Crippen LogP contribution in [0.2, 0.25) is 0 Å². The lowest BCUT2D eigenvalue weighted by Crippen LogP contribution is -2.20. The fraction of sp³-hybridized carbons (Fsp3) is 0.176. The average molecular weight is 250 g/mol. The van der Waals surface area contributed by atoms with Crippen LogP contribution in [0, 0.1) is 0 Å². The number of benzene rings is 1. The van der Waals surface area contributed by atoms with E-state index in [9.17, 15) is 9.59 Å². The van der Waals surface area contributed by atoms with Gasteiger partial charge in [-0.2, -0.15) is 0 Å². The van der Waals surface area contributed by atoms with Gasteiger partial charge in [-0.25, -0.2) is 0 Å². The number of carbonyl (C=O) groups is 2. The minimum absolute atomic E-state index is 0.0212. The molecule has 19 heavy (non-hydrogen) atoms. The molecule has 0 saturated heterocycles. The number of ketones is 2. The Bertz CT molecular complexity index is 700. The topological polar surface area (TPSA) is 34.1 Å². The largest absolute Gasteiger partial charge is 0.289 e. The summed E-state index contributed by atoms with van der Waals surface area (Å²) in [5, 5.41) is 0. The molecule has 0 amide bonds. The van der Waals surface area contributed by atoms with Crippen LogP contribution in [-0.2, 0) is 6.42 Å². The molecule has 1 aromatic rings. The molecule has 2 heteroatoms. The lowest BCUT2D eigenvalue weighted by molar-refractivity contribution is 0.0975. The summed E-state index contributed by atoms with van der Waals surface area (Å²) in [5.74, 6) is -0.0485. The van der Waals surface area contributed by atoms with Gasteiger partial charge in [0.15, 0.2) is 11.6 Å². The van der Waals surface area contributed by atoms with Crippen LogP contribution in [0.5, 0.6) is 0 Å². The van der Waals surface area contributed by atoms with Crippen molar-refractivity contribution < 1.29 is 9.59 Å². The van der Waals surface area contributed by atoms with Gasteiger partial charge in [-0.05, 0) is 43.5 Å². The van der Waals surface area contributed by atoms with Gasteiger partial charge in [0, 0.05) is 22.3 Å². The molecular weight excluding hydrogens is 236 g/mol. The number of allylic oxidation sites excluding steroid dienone is 5. The maximum atomic E-state index is 12.3. The van der Waals surface area contributed by atoms with Crippen molar-refractivity contribution in [3.63, 3.8) is 0 Å². The highest BCUT2D eigenvalue weighted by Gasteiger charge is 2.28. The predicted octanol–water partition coefficient (Wildman–Crippen LogP) is 3.53. The van der Waals surface area contributed by atoms with Gasteiger partial charge in [0.2, 0.25) is 0 Å². The molecule has 2 nitrogen and oxygen atoms in total. The number of carbonyl (C=O) groups excluding carboxylic acids is 2. The van der Waals surface area contributed by atoms with Crippen molar-refractivity contribution in [2.75, 3.05) is 0 Å². The Hall–Kier alpha value is -2.22. The molecule has 1 aromatic carbocycles. The maximum Gasteiger partial charge on any atom is 0.189 e. The first-order chi connectivity index (χ1) is 9.09. The summed E-state index contributed by atoms with van der Waals surface area (Å²) >= 11 is 0. The van der Waals surface area contributed by atoms with Crippen molar-refractivity contribution in [2.45, 2.75) is 20.3 Å². The summed E-state index contributed by atoms with van der Waals surface area (Å²) in [5.41, 5.74) is 4.34. The smallest absolute Gasteiger partial charge is 0.189 e. The summed E-state index contributed by atoms with van der Waals surface area (Å²) in [6.45, 7) is 3.45. The number of Topliss-reactive ketones (excluding diaryl/α,β-unsaturated/α-hetero) is 2. The lowest BCUT2D eigenvalue weighted by Gasteiger charge is -2.18. The van der Waals surface area contributed by atoms with Crippen LogP contribution < -0.4 is 0 Å². The van der Waals surface area contributed by atoms with Gasteiger partial charge >= 0.3 is 0 Å². The van der Waals surface area contributed by atoms with Crippen molar-refractivity contribution in [3.05, 3.63) is 63.8 Å². The fourth-order valence-corrected chi connectivity index (χ4v) is 2.55. The molecule has 0 aromatic heterocycles. The highest BCUT2D eigenvalue weighted by Crippen LogP contribution is 2.30. The number of hydrogen-bond donors (Lipinski definition) is 0. The maximum absolute atomic E-state index is 12.3. The molecule has 0 radical (unpaired) electrons. The molecule has 0 atom stereocenters. The Balaban J connectivity index is 2.26. The molecule has 0 aliphatic heterocycles. The first-order valence-corrected chi connectivity index (χ1v) is 6.36. The Morgan fingerprint density at radius 2 is 1.53 bits per heavy atom.